The second kappa shape index (κ2) is 8.06. The highest BCUT2D eigenvalue weighted by Gasteiger charge is 2.24. The predicted molar refractivity (Wildman–Crippen MR) is 123 cm³/mol. The lowest BCUT2D eigenvalue weighted by molar-refractivity contribution is 0.578. The number of fused-ring (bicyclic) bond motifs is 1. The van der Waals surface area contributed by atoms with Crippen LogP contribution in [-0.4, -0.2) is 29.5 Å². The molecule has 0 aliphatic heterocycles. The maximum absolute atomic E-state index is 14.3. The Hall–Kier alpha value is -4.19. The Morgan fingerprint density at radius 2 is 1.94 bits per heavy atom. The average molecular weight is 443 g/mol. The fourth-order valence-electron chi connectivity index (χ4n) is 3.86. The van der Waals surface area contributed by atoms with Gasteiger partial charge in [-0.05, 0) is 50.8 Å². The molecule has 1 fully saturated rings. The van der Waals surface area contributed by atoms with Gasteiger partial charge in [0.2, 0.25) is 0 Å². The molecule has 0 spiro atoms. The van der Waals surface area contributed by atoms with E-state index in [-0.39, 0.29) is 5.82 Å². The minimum absolute atomic E-state index is 0.297. The molecule has 5 rings (SSSR count). The molecular weight excluding hydrogens is 419 g/mol. The zero-order valence-corrected chi connectivity index (χ0v) is 18.4. The third kappa shape index (κ3) is 3.91. The lowest BCUT2D eigenvalue weighted by Gasteiger charge is -2.02. The number of aryl methyl sites for hydroxylation is 1. The first-order valence-electron chi connectivity index (χ1n) is 10.8. The van der Waals surface area contributed by atoms with Crippen molar-refractivity contribution < 1.29 is 4.39 Å². The zero-order chi connectivity index (χ0) is 23.1. The van der Waals surface area contributed by atoms with Crippen molar-refractivity contribution >= 4 is 16.9 Å². The van der Waals surface area contributed by atoms with E-state index in [1.807, 2.05) is 22.9 Å². The van der Waals surface area contributed by atoms with Crippen LogP contribution in [0.25, 0.3) is 28.1 Å². The van der Waals surface area contributed by atoms with E-state index in [9.17, 15) is 4.39 Å². The van der Waals surface area contributed by atoms with Gasteiger partial charge in [0.15, 0.2) is 11.6 Å². The fraction of sp³-hybridized carbons (Fsp3) is 0.250. The molecule has 1 aromatic carbocycles. The second-order valence-corrected chi connectivity index (χ2v) is 8.35. The summed E-state index contributed by atoms with van der Waals surface area (Å²) in [5.74, 6) is 0.964. The van der Waals surface area contributed by atoms with Gasteiger partial charge < -0.3 is 10.7 Å². The highest BCUT2D eigenvalue weighted by Crippen LogP contribution is 2.33. The van der Waals surface area contributed by atoms with E-state index in [0.29, 0.717) is 34.5 Å². The molecule has 0 saturated heterocycles. The van der Waals surface area contributed by atoms with Crippen molar-refractivity contribution in [2.24, 2.45) is 5.92 Å². The Morgan fingerprint density at radius 1 is 1.18 bits per heavy atom. The van der Waals surface area contributed by atoms with E-state index in [1.165, 1.54) is 17.5 Å². The van der Waals surface area contributed by atoms with Crippen LogP contribution in [0.4, 0.5) is 10.2 Å². The molecule has 3 aromatic heterocycles. The van der Waals surface area contributed by atoms with Gasteiger partial charge in [-0.1, -0.05) is 12.1 Å². The van der Waals surface area contributed by atoms with Crippen LogP contribution < -0.4 is 5.73 Å². The van der Waals surface area contributed by atoms with Gasteiger partial charge in [0, 0.05) is 29.8 Å². The molecule has 1 saturated carbocycles. The number of nitrogens with one attached hydrogen (secondary N) is 1. The number of halogens is 1. The summed E-state index contributed by atoms with van der Waals surface area (Å²) in [7, 11) is 0. The van der Waals surface area contributed by atoms with Gasteiger partial charge in [-0.15, -0.1) is 0 Å². The van der Waals surface area contributed by atoms with Crippen LogP contribution in [0.2, 0.25) is 0 Å². The van der Waals surface area contributed by atoms with E-state index in [1.54, 1.807) is 38.2 Å². The molecule has 4 aromatic rings. The van der Waals surface area contributed by atoms with Gasteiger partial charge in [-0.25, -0.2) is 18.7 Å². The Bertz CT molecular complexity index is 1450. The number of hydrogen-bond donors (Lipinski definition) is 2. The van der Waals surface area contributed by atoms with Crippen LogP contribution in [0.5, 0.6) is 0 Å². The monoisotopic (exact) mass is 442 g/mol. The molecule has 0 unspecified atom stereocenters. The summed E-state index contributed by atoms with van der Waals surface area (Å²) in [5, 5.41) is 19.1. The number of anilines is 1. The highest BCUT2D eigenvalue weighted by atomic mass is 19.1. The van der Waals surface area contributed by atoms with Crippen molar-refractivity contribution in [3.05, 3.63) is 65.4 Å². The summed E-state index contributed by atoms with van der Waals surface area (Å²) in [5.41, 5.74) is 10.0. The number of aromatic amines is 1. The van der Waals surface area contributed by atoms with Crippen molar-refractivity contribution in [2.75, 3.05) is 5.73 Å². The predicted octanol–water partition coefficient (Wildman–Crippen LogP) is 4.36. The molecule has 9 heteroatoms. The first-order valence-corrected chi connectivity index (χ1v) is 10.8. The molecule has 3 N–H and O–H groups in total. The van der Waals surface area contributed by atoms with E-state index < -0.39 is 0 Å². The molecule has 0 bridgehead atoms. The lowest BCUT2D eigenvalue weighted by Crippen LogP contribution is -2.04. The Kier molecular flexibility index (Phi) is 5.05. The van der Waals surface area contributed by atoms with Gasteiger partial charge in [-0.3, -0.25) is 0 Å². The van der Waals surface area contributed by atoms with Crippen molar-refractivity contribution in [3.8, 4) is 23.1 Å². The molecule has 1 aliphatic carbocycles. The van der Waals surface area contributed by atoms with Crippen LogP contribution in [0.1, 0.15) is 29.8 Å². The molecule has 8 nitrogen and oxygen atoms in total. The number of benzene rings is 1. The van der Waals surface area contributed by atoms with Gasteiger partial charge in [0.05, 0.1) is 23.0 Å². The van der Waals surface area contributed by atoms with Gasteiger partial charge in [0.1, 0.15) is 17.2 Å². The highest BCUT2D eigenvalue weighted by molar-refractivity contribution is 5.91. The van der Waals surface area contributed by atoms with E-state index >= 15 is 0 Å². The minimum atomic E-state index is -0.368. The van der Waals surface area contributed by atoms with Crippen molar-refractivity contribution in [1.82, 2.24) is 29.5 Å². The number of nitrogen functional groups attached to an aromatic ring is 1. The number of H-pyrrole nitrogens is 1. The van der Waals surface area contributed by atoms with E-state index in [2.05, 4.69) is 21.1 Å². The molecule has 0 atom stereocenters. The summed E-state index contributed by atoms with van der Waals surface area (Å²) < 4.78 is 17.6. The van der Waals surface area contributed by atoms with Crippen molar-refractivity contribution in [3.63, 3.8) is 0 Å². The summed E-state index contributed by atoms with van der Waals surface area (Å²) >= 11 is 0. The molecule has 0 radical (unpaired) electrons. The maximum Gasteiger partial charge on any atom is 0.167 e. The lowest BCUT2D eigenvalue weighted by atomic mass is 10.1. The van der Waals surface area contributed by atoms with Crippen LogP contribution in [0.3, 0.4) is 0 Å². The number of nitriles is 1. The third-order valence-electron chi connectivity index (χ3n) is 5.82. The quantitative estimate of drug-likeness (QED) is 0.487. The van der Waals surface area contributed by atoms with Gasteiger partial charge >= 0.3 is 0 Å². The van der Waals surface area contributed by atoms with Gasteiger partial charge in [0.25, 0.3) is 0 Å². The van der Waals surface area contributed by atoms with Gasteiger partial charge in [-0.2, -0.15) is 15.5 Å². The number of nitrogens with zero attached hydrogens (tertiary/aromatic N) is 6. The van der Waals surface area contributed by atoms with Crippen LogP contribution in [-0.2, 0) is 6.54 Å². The number of hydrogen-bond acceptors (Lipinski definition) is 5. The summed E-state index contributed by atoms with van der Waals surface area (Å²) in [6, 6.07) is 13.0. The first-order chi connectivity index (χ1) is 15.9. The summed E-state index contributed by atoms with van der Waals surface area (Å²) in [4.78, 5) is 7.79. The van der Waals surface area contributed by atoms with E-state index in [4.69, 9.17) is 16.1 Å². The smallest absolute Gasteiger partial charge is 0.167 e. The molecule has 33 heavy (non-hydrogen) atoms. The molecule has 0 amide bonds. The molecule has 166 valence electrons. The third-order valence-corrected chi connectivity index (χ3v) is 5.82. The minimum Gasteiger partial charge on any atom is -0.385 e. The SMILES string of the molecule is Cc1nn(-c2cc(N)[nH]c3c(ccn2)c(-c2ccc(C#N)cc2)nn3CC2CC2)c(C)c1F. The summed E-state index contributed by atoms with van der Waals surface area (Å²) in [6.45, 7) is 4.04. The van der Waals surface area contributed by atoms with Crippen molar-refractivity contribution in [2.45, 2.75) is 33.2 Å². The molecular formula is C24H23FN8. The Morgan fingerprint density at radius 3 is 2.58 bits per heavy atom. The number of rotatable bonds is 4. The Balaban J connectivity index is 1.73. The van der Waals surface area contributed by atoms with Crippen LogP contribution in [0, 0.1) is 36.9 Å². The normalized spacial score (nSPS) is 13.2. The summed E-state index contributed by atoms with van der Waals surface area (Å²) in [6.07, 6.45) is 4.01. The number of aromatic nitrogens is 6. The maximum atomic E-state index is 14.3. The molecule has 1 aliphatic rings. The first kappa shape index (κ1) is 20.7. The van der Waals surface area contributed by atoms with Crippen LogP contribution in [0.15, 0.2) is 42.6 Å². The topological polar surface area (TPSA) is 114 Å². The zero-order valence-electron chi connectivity index (χ0n) is 18.4. The average Bonchev–Trinajstić information content (AvgIpc) is 3.51. The van der Waals surface area contributed by atoms with Crippen molar-refractivity contribution in [1.29, 1.82) is 5.26 Å². The number of nitrogens with two attached hydrogens (primary N) is 1. The Labute approximate surface area is 189 Å². The largest absolute Gasteiger partial charge is 0.385 e. The molecule has 3 heterocycles. The standard InChI is InChI=1S/C24H23FN8/c1-14-22(25)15(2)33(30-14)21-11-20(27)29-24-19(9-10-28-21)23(31-32(24)13-17-3-4-17)18-7-5-16(12-26)6-8-18/h5-11,17,29H,3-4,13,27H2,1-2H3. The fourth-order valence-corrected chi connectivity index (χ4v) is 3.86. The van der Waals surface area contributed by atoms with E-state index in [0.717, 1.165) is 28.8 Å². The van der Waals surface area contributed by atoms with Crippen LogP contribution >= 0.6 is 0 Å². The second-order valence-electron chi connectivity index (χ2n) is 8.35.